The van der Waals surface area contributed by atoms with E-state index < -0.39 is 11.7 Å². The van der Waals surface area contributed by atoms with Crippen LogP contribution in [0.2, 0.25) is 0 Å². The molecular formula is C20H22N2O2. The molecule has 0 aliphatic heterocycles. The molecule has 2 aromatic carbocycles. The Morgan fingerprint density at radius 3 is 2.33 bits per heavy atom. The van der Waals surface area contributed by atoms with Crippen molar-refractivity contribution in [3.8, 4) is 0 Å². The Hall–Kier alpha value is -2.62. The minimum atomic E-state index is -0.488. The monoisotopic (exact) mass is 322 g/mol. The van der Waals surface area contributed by atoms with Gasteiger partial charge in [-0.25, -0.2) is 4.79 Å². The number of amides is 1. The van der Waals surface area contributed by atoms with Crippen molar-refractivity contribution in [3.05, 3.63) is 54.2 Å². The molecule has 4 heteroatoms. The number of aromatic nitrogens is 1. The van der Waals surface area contributed by atoms with Gasteiger partial charge in [-0.3, -0.25) is 4.98 Å². The van der Waals surface area contributed by atoms with E-state index in [1.165, 1.54) is 5.39 Å². The number of nitrogens with zero attached hydrogens (tertiary/aromatic N) is 1. The van der Waals surface area contributed by atoms with Crippen molar-refractivity contribution in [1.29, 1.82) is 0 Å². The third-order valence-electron chi connectivity index (χ3n) is 3.72. The molecule has 0 saturated carbocycles. The number of nitrogens with one attached hydrogen (secondary N) is 1. The third-order valence-corrected chi connectivity index (χ3v) is 3.72. The summed E-state index contributed by atoms with van der Waals surface area (Å²) in [7, 11) is 0. The van der Waals surface area contributed by atoms with Crippen molar-refractivity contribution >= 4 is 27.8 Å². The largest absolute Gasteiger partial charge is 0.444 e. The second-order valence-corrected chi connectivity index (χ2v) is 6.80. The Labute approximate surface area is 141 Å². The highest BCUT2D eigenvalue weighted by atomic mass is 16.6. The molecule has 1 N–H and O–H groups in total. The van der Waals surface area contributed by atoms with Crippen LogP contribution in [0.15, 0.2) is 48.5 Å². The zero-order valence-corrected chi connectivity index (χ0v) is 14.3. The van der Waals surface area contributed by atoms with Gasteiger partial charge < -0.3 is 10.1 Å². The van der Waals surface area contributed by atoms with E-state index in [4.69, 9.17) is 9.72 Å². The zero-order valence-electron chi connectivity index (χ0n) is 14.3. The van der Waals surface area contributed by atoms with Crippen LogP contribution in [0.3, 0.4) is 0 Å². The second kappa shape index (κ2) is 6.48. The number of hydrogen-bond donors (Lipinski definition) is 1. The van der Waals surface area contributed by atoms with Crippen molar-refractivity contribution < 1.29 is 9.53 Å². The van der Waals surface area contributed by atoms with Crippen LogP contribution < -0.4 is 5.32 Å². The number of para-hydroxylation sites is 1. The smallest absolute Gasteiger partial charge is 0.407 e. The summed E-state index contributed by atoms with van der Waals surface area (Å²) in [5, 5.41) is 6.27. The zero-order chi connectivity index (χ0) is 17.2. The summed E-state index contributed by atoms with van der Waals surface area (Å²) in [6.45, 7) is 6.05. The van der Waals surface area contributed by atoms with E-state index in [9.17, 15) is 4.79 Å². The molecule has 4 nitrogen and oxygen atoms in total. The Morgan fingerprint density at radius 1 is 1.00 bits per heavy atom. The molecule has 0 atom stereocenters. The summed E-state index contributed by atoms with van der Waals surface area (Å²) in [6, 6.07) is 16.4. The van der Waals surface area contributed by atoms with Crippen molar-refractivity contribution in [1.82, 2.24) is 10.3 Å². The van der Waals surface area contributed by atoms with E-state index in [-0.39, 0.29) is 0 Å². The van der Waals surface area contributed by atoms with Crippen LogP contribution in [0.4, 0.5) is 4.79 Å². The minimum Gasteiger partial charge on any atom is -0.444 e. The van der Waals surface area contributed by atoms with Gasteiger partial charge in [0.15, 0.2) is 0 Å². The van der Waals surface area contributed by atoms with Gasteiger partial charge >= 0.3 is 6.09 Å². The van der Waals surface area contributed by atoms with Crippen molar-refractivity contribution in [2.75, 3.05) is 6.54 Å². The second-order valence-electron chi connectivity index (χ2n) is 6.80. The van der Waals surface area contributed by atoms with Crippen LogP contribution in [0.25, 0.3) is 21.7 Å². The first-order valence-electron chi connectivity index (χ1n) is 8.17. The predicted molar refractivity (Wildman–Crippen MR) is 97.2 cm³/mol. The van der Waals surface area contributed by atoms with Crippen LogP contribution >= 0.6 is 0 Å². The van der Waals surface area contributed by atoms with Crippen LogP contribution in [-0.4, -0.2) is 23.2 Å². The number of pyridine rings is 1. The first kappa shape index (κ1) is 16.2. The number of rotatable bonds is 3. The van der Waals surface area contributed by atoms with Gasteiger partial charge in [0.05, 0.1) is 11.2 Å². The molecule has 0 aliphatic carbocycles. The number of carbonyl (C=O) groups is 1. The van der Waals surface area contributed by atoms with E-state index in [1.807, 2.05) is 51.1 Å². The van der Waals surface area contributed by atoms with Gasteiger partial charge in [0.1, 0.15) is 5.60 Å². The van der Waals surface area contributed by atoms with E-state index >= 15 is 0 Å². The van der Waals surface area contributed by atoms with Crippen LogP contribution in [-0.2, 0) is 11.2 Å². The number of hydrogen-bond acceptors (Lipinski definition) is 3. The molecule has 0 saturated heterocycles. The van der Waals surface area contributed by atoms with Gasteiger partial charge in [0.2, 0.25) is 0 Å². The molecule has 0 spiro atoms. The van der Waals surface area contributed by atoms with Gasteiger partial charge in [-0.05, 0) is 32.2 Å². The molecule has 3 aromatic rings. The standard InChI is InChI=1S/C20H22N2O2/c1-20(2,3)24-19(23)21-13-12-18-16-9-5-4-8-14(16)15-10-6-7-11-17(15)22-18/h4-11H,12-13H2,1-3H3,(H,21,23). The molecular weight excluding hydrogens is 300 g/mol. The molecule has 1 aromatic heterocycles. The molecule has 0 aliphatic rings. The molecule has 124 valence electrons. The maximum atomic E-state index is 11.8. The highest BCUT2D eigenvalue weighted by Crippen LogP contribution is 2.26. The lowest BCUT2D eigenvalue weighted by molar-refractivity contribution is 0.0528. The lowest BCUT2D eigenvalue weighted by atomic mass is 10.0. The number of ether oxygens (including phenoxy) is 1. The molecule has 3 rings (SSSR count). The summed E-state index contributed by atoms with van der Waals surface area (Å²) in [5.74, 6) is 0. The molecule has 0 radical (unpaired) electrons. The Morgan fingerprint density at radius 2 is 1.62 bits per heavy atom. The van der Waals surface area contributed by atoms with Gasteiger partial charge in [-0.1, -0.05) is 42.5 Å². The van der Waals surface area contributed by atoms with Crippen molar-refractivity contribution in [3.63, 3.8) is 0 Å². The SMILES string of the molecule is CC(C)(C)OC(=O)NCCc1nc2ccccc2c2ccccc12. The highest BCUT2D eigenvalue weighted by molar-refractivity contribution is 6.06. The van der Waals surface area contributed by atoms with Crippen molar-refractivity contribution in [2.24, 2.45) is 0 Å². The number of alkyl carbamates (subject to hydrolysis) is 1. The minimum absolute atomic E-state index is 0.396. The fourth-order valence-electron chi connectivity index (χ4n) is 2.76. The van der Waals surface area contributed by atoms with Gasteiger partial charge in [0, 0.05) is 23.7 Å². The van der Waals surface area contributed by atoms with E-state index in [0.717, 1.165) is 22.0 Å². The fourth-order valence-corrected chi connectivity index (χ4v) is 2.76. The normalized spacial score (nSPS) is 11.6. The van der Waals surface area contributed by atoms with Gasteiger partial charge in [0.25, 0.3) is 0 Å². The average Bonchev–Trinajstić information content (AvgIpc) is 2.53. The summed E-state index contributed by atoms with van der Waals surface area (Å²) in [6.07, 6.45) is 0.262. The average molecular weight is 322 g/mol. The van der Waals surface area contributed by atoms with Gasteiger partial charge in [-0.2, -0.15) is 0 Å². The molecule has 0 bridgehead atoms. The third kappa shape index (κ3) is 3.65. The first-order valence-corrected chi connectivity index (χ1v) is 8.17. The van der Waals surface area contributed by atoms with Crippen molar-refractivity contribution in [2.45, 2.75) is 32.8 Å². The maximum absolute atomic E-state index is 11.8. The lowest BCUT2D eigenvalue weighted by Crippen LogP contribution is -2.33. The van der Waals surface area contributed by atoms with Crippen LogP contribution in [0.1, 0.15) is 26.5 Å². The lowest BCUT2D eigenvalue weighted by Gasteiger charge is -2.19. The molecule has 1 amide bonds. The molecule has 0 fully saturated rings. The molecule has 24 heavy (non-hydrogen) atoms. The number of carbonyl (C=O) groups excluding carboxylic acids is 1. The highest BCUT2D eigenvalue weighted by Gasteiger charge is 2.16. The number of fused-ring (bicyclic) bond motifs is 3. The first-order chi connectivity index (χ1) is 11.4. The van der Waals surface area contributed by atoms with E-state index in [0.29, 0.717) is 13.0 Å². The molecule has 1 heterocycles. The summed E-state index contributed by atoms with van der Waals surface area (Å²) in [5.41, 5.74) is 1.47. The van der Waals surface area contributed by atoms with Gasteiger partial charge in [-0.15, -0.1) is 0 Å². The Bertz CT molecular complexity index is 882. The Kier molecular flexibility index (Phi) is 4.38. The fraction of sp³-hybridized carbons (Fsp3) is 0.300. The van der Waals surface area contributed by atoms with Crippen LogP contribution in [0, 0.1) is 0 Å². The maximum Gasteiger partial charge on any atom is 0.407 e. The Balaban J connectivity index is 1.82. The topological polar surface area (TPSA) is 51.2 Å². The van der Waals surface area contributed by atoms with Crippen LogP contribution in [0.5, 0.6) is 0 Å². The number of benzene rings is 2. The van der Waals surface area contributed by atoms with E-state index in [2.05, 4.69) is 23.5 Å². The van der Waals surface area contributed by atoms with E-state index in [1.54, 1.807) is 0 Å². The molecule has 0 unspecified atom stereocenters. The summed E-state index contributed by atoms with van der Waals surface area (Å²) >= 11 is 0. The summed E-state index contributed by atoms with van der Waals surface area (Å²) in [4.78, 5) is 16.6. The quantitative estimate of drug-likeness (QED) is 0.725. The summed E-state index contributed by atoms with van der Waals surface area (Å²) < 4.78 is 5.26. The predicted octanol–water partition coefficient (Wildman–Crippen LogP) is 4.46.